The van der Waals surface area contributed by atoms with E-state index in [0.717, 1.165) is 5.56 Å². The van der Waals surface area contributed by atoms with Gasteiger partial charge in [-0.1, -0.05) is 29.4 Å². The van der Waals surface area contributed by atoms with Crippen molar-refractivity contribution in [2.45, 2.75) is 32.9 Å². The molecule has 1 aromatic carbocycles. The maximum absolute atomic E-state index is 11.4. The summed E-state index contributed by atoms with van der Waals surface area (Å²) in [6.07, 6.45) is -0.983. The van der Waals surface area contributed by atoms with Crippen molar-refractivity contribution in [3.05, 3.63) is 28.8 Å². The van der Waals surface area contributed by atoms with Gasteiger partial charge in [0.1, 0.15) is 0 Å². The zero-order valence-corrected chi connectivity index (χ0v) is 14.7. The Morgan fingerprint density at radius 3 is 2.70 bits per heavy atom. The van der Waals surface area contributed by atoms with Crippen LogP contribution in [-0.2, 0) is 11.3 Å². The van der Waals surface area contributed by atoms with Crippen molar-refractivity contribution in [3.8, 4) is 0 Å². The smallest absolute Gasteiger partial charge is 0.408 e. The molecule has 0 fully saturated rings. The number of carbonyl (C=O) groups excluding carboxylic acids is 1. The van der Waals surface area contributed by atoms with E-state index in [1.54, 1.807) is 18.2 Å². The summed E-state index contributed by atoms with van der Waals surface area (Å²) < 4.78 is 0. The van der Waals surface area contributed by atoms with Gasteiger partial charge < -0.3 is 10.4 Å². The first-order valence-corrected chi connectivity index (χ1v) is 8.33. The van der Waals surface area contributed by atoms with Gasteiger partial charge in [0.25, 0.3) is 5.91 Å². The first-order chi connectivity index (χ1) is 10.7. The van der Waals surface area contributed by atoms with E-state index in [1.165, 1.54) is 16.7 Å². The van der Waals surface area contributed by atoms with Crippen molar-refractivity contribution in [1.29, 1.82) is 0 Å². The highest BCUT2D eigenvalue weighted by molar-refractivity contribution is 8.15. The minimum absolute atomic E-state index is 0.186. The van der Waals surface area contributed by atoms with Gasteiger partial charge in [0.2, 0.25) is 0 Å². The molecule has 2 amide bonds. The van der Waals surface area contributed by atoms with Crippen LogP contribution in [-0.4, -0.2) is 38.5 Å². The summed E-state index contributed by atoms with van der Waals surface area (Å²) in [4.78, 5) is 27.8. The minimum Gasteiger partial charge on any atom is -0.465 e. The molecule has 1 heterocycles. The molecule has 8 heteroatoms. The first kappa shape index (κ1) is 17.6. The molecule has 23 heavy (non-hydrogen) atoms. The van der Waals surface area contributed by atoms with Gasteiger partial charge in [-0.15, -0.1) is 0 Å². The van der Waals surface area contributed by atoms with E-state index in [-0.39, 0.29) is 12.5 Å². The van der Waals surface area contributed by atoms with Crippen molar-refractivity contribution in [1.82, 2.24) is 4.90 Å². The molecule has 0 atom stereocenters. The number of hydrogen-bond acceptors (Lipinski definition) is 4. The predicted octanol–water partition coefficient (Wildman–Crippen LogP) is 3.66. The maximum Gasteiger partial charge on any atom is 0.408 e. The molecule has 0 unspecified atom stereocenters. The molecule has 6 nitrogen and oxygen atoms in total. The summed E-state index contributed by atoms with van der Waals surface area (Å²) in [5.41, 5.74) is 0.880. The zero-order valence-electron chi connectivity index (χ0n) is 13.1. The number of carboxylic acid groups (broad SMARTS) is 1. The van der Waals surface area contributed by atoms with Crippen LogP contribution in [0.1, 0.15) is 26.3 Å². The normalized spacial score (nSPS) is 14.6. The Bertz CT molecular complexity index is 670. The van der Waals surface area contributed by atoms with Gasteiger partial charge in [0, 0.05) is 12.1 Å². The average Bonchev–Trinajstić information content (AvgIpc) is 2.83. The lowest BCUT2D eigenvalue weighted by atomic mass is 10.1. The second-order valence-corrected chi connectivity index (χ2v) is 7.45. The van der Waals surface area contributed by atoms with Crippen LogP contribution in [0.3, 0.4) is 0 Å². The van der Waals surface area contributed by atoms with Gasteiger partial charge in [0.15, 0.2) is 5.17 Å². The van der Waals surface area contributed by atoms with Crippen LogP contribution < -0.4 is 5.32 Å². The number of nitrogens with one attached hydrogen (secondary N) is 1. The van der Waals surface area contributed by atoms with E-state index in [9.17, 15) is 14.7 Å². The highest BCUT2D eigenvalue weighted by Gasteiger charge is 2.26. The first-order valence-electron chi connectivity index (χ1n) is 6.97. The Labute approximate surface area is 143 Å². The molecule has 0 saturated heterocycles. The summed E-state index contributed by atoms with van der Waals surface area (Å²) in [5, 5.41) is 13.4. The molecular formula is C15H18ClN3O3S. The van der Waals surface area contributed by atoms with E-state index in [0.29, 0.717) is 21.6 Å². The molecule has 1 aliphatic heterocycles. The second kappa shape index (κ2) is 6.80. The molecule has 124 valence electrons. The van der Waals surface area contributed by atoms with Crippen molar-refractivity contribution in [3.63, 3.8) is 0 Å². The SMILES string of the molecule is CC(C)(C)N(Cc1ccc(Cl)c(NC2=NC(=O)CS2)c1)C(=O)O. The van der Waals surface area contributed by atoms with Crippen molar-refractivity contribution >= 4 is 46.2 Å². The number of benzene rings is 1. The van der Waals surface area contributed by atoms with Gasteiger partial charge in [-0.25, -0.2) is 4.79 Å². The van der Waals surface area contributed by atoms with Crippen LogP contribution in [0.4, 0.5) is 10.5 Å². The zero-order chi connectivity index (χ0) is 17.2. The second-order valence-electron chi connectivity index (χ2n) is 6.08. The molecule has 2 rings (SSSR count). The van der Waals surface area contributed by atoms with Crippen molar-refractivity contribution in [2.75, 3.05) is 11.1 Å². The Morgan fingerprint density at radius 2 is 2.17 bits per heavy atom. The molecule has 0 saturated carbocycles. The van der Waals surface area contributed by atoms with Crippen LogP contribution in [0, 0.1) is 0 Å². The Hall–Kier alpha value is -1.73. The van der Waals surface area contributed by atoms with E-state index >= 15 is 0 Å². The van der Waals surface area contributed by atoms with E-state index in [4.69, 9.17) is 11.6 Å². The molecule has 1 aromatic rings. The third-order valence-electron chi connectivity index (χ3n) is 3.21. The quantitative estimate of drug-likeness (QED) is 0.864. The summed E-state index contributed by atoms with van der Waals surface area (Å²) in [7, 11) is 0. The molecular weight excluding hydrogens is 338 g/mol. The third-order valence-corrected chi connectivity index (χ3v) is 4.40. The highest BCUT2D eigenvalue weighted by Crippen LogP contribution is 2.27. The van der Waals surface area contributed by atoms with Gasteiger partial charge in [-0.05, 0) is 38.5 Å². The Morgan fingerprint density at radius 1 is 1.48 bits per heavy atom. The Balaban J connectivity index is 2.21. The summed E-state index contributed by atoms with van der Waals surface area (Å²) in [6, 6.07) is 5.25. The topological polar surface area (TPSA) is 82.0 Å². The molecule has 0 bridgehead atoms. The summed E-state index contributed by atoms with van der Waals surface area (Å²) in [6.45, 7) is 5.76. The fraction of sp³-hybridized carbons (Fsp3) is 0.400. The fourth-order valence-electron chi connectivity index (χ4n) is 2.03. The minimum atomic E-state index is -0.983. The maximum atomic E-state index is 11.4. The average molecular weight is 356 g/mol. The Kier molecular flexibility index (Phi) is 5.21. The van der Waals surface area contributed by atoms with Crippen LogP contribution in [0.15, 0.2) is 23.2 Å². The molecule has 0 spiro atoms. The predicted molar refractivity (Wildman–Crippen MR) is 93.3 cm³/mol. The van der Waals surface area contributed by atoms with Gasteiger partial charge in [-0.3, -0.25) is 9.69 Å². The molecule has 2 N–H and O–H groups in total. The van der Waals surface area contributed by atoms with Crippen molar-refractivity contribution in [2.24, 2.45) is 4.99 Å². The van der Waals surface area contributed by atoms with E-state index in [2.05, 4.69) is 10.3 Å². The van der Waals surface area contributed by atoms with Crippen LogP contribution in [0.2, 0.25) is 5.02 Å². The molecule has 0 aromatic heterocycles. The number of anilines is 1. The lowest BCUT2D eigenvalue weighted by molar-refractivity contribution is -0.115. The van der Waals surface area contributed by atoms with Gasteiger partial charge >= 0.3 is 6.09 Å². The third kappa shape index (κ3) is 4.62. The van der Waals surface area contributed by atoms with E-state index in [1.807, 2.05) is 20.8 Å². The number of carbonyl (C=O) groups is 2. The largest absolute Gasteiger partial charge is 0.465 e. The monoisotopic (exact) mass is 355 g/mol. The van der Waals surface area contributed by atoms with Crippen LogP contribution in [0.5, 0.6) is 0 Å². The van der Waals surface area contributed by atoms with Crippen molar-refractivity contribution < 1.29 is 14.7 Å². The molecule has 0 aliphatic carbocycles. The number of halogens is 1. The number of amides is 2. The molecule has 0 radical (unpaired) electrons. The number of nitrogens with zero attached hydrogens (tertiary/aromatic N) is 2. The number of thioether (sulfide) groups is 1. The van der Waals surface area contributed by atoms with Crippen LogP contribution in [0.25, 0.3) is 0 Å². The number of amidine groups is 1. The summed E-state index contributed by atoms with van der Waals surface area (Å²) >= 11 is 7.47. The summed E-state index contributed by atoms with van der Waals surface area (Å²) in [5.74, 6) is 0.130. The van der Waals surface area contributed by atoms with Gasteiger partial charge in [0.05, 0.1) is 16.5 Å². The lowest BCUT2D eigenvalue weighted by Gasteiger charge is -2.33. The number of hydrogen-bond donors (Lipinski definition) is 2. The molecule has 1 aliphatic rings. The van der Waals surface area contributed by atoms with E-state index < -0.39 is 11.6 Å². The fourth-order valence-corrected chi connectivity index (χ4v) is 2.87. The standard InChI is InChI=1S/C15H18ClN3O3S/c1-15(2,3)19(14(21)22)7-9-4-5-10(16)11(6-9)17-13-18-12(20)8-23-13/h4-6H,7-8H2,1-3H3,(H,21,22)(H,17,18,20). The van der Waals surface area contributed by atoms with Gasteiger partial charge in [-0.2, -0.15) is 4.99 Å². The van der Waals surface area contributed by atoms with Crippen LogP contribution >= 0.6 is 23.4 Å². The number of aliphatic imine (C=N–C) groups is 1. The number of rotatable bonds is 3. The highest BCUT2D eigenvalue weighted by atomic mass is 35.5. The lowest BCUT2D eigenvalue weighted by Crippen LogP contribution is -2.44.